The molecule has 0 radical (unpaired) electrons. The van der Waals surface area contributed by atoms with Gasteiger partial charge in [-0.1, -0.05) is 73.5 Å². The summed E-state index contributed by atoms with van der Waals surface area (Å²) in [5, 5.41) is 3.65. The molecule has 2 heterocycles. The maximum atomic E-state index is 13.3. The fourth-order valence-corrected chi connectivity index (χ4v) is 5.16. The van der Waals surface area contributed by atoms with Gasteiger partial charge in [-0.05, 0) is 30.5 Å². The number of benzene rings is 2. The molecule has 0 aromatic heterocycles. The van der Waals surface area contributed by atoms with Crippen molar-refractivity contribution in [2.75, 3.05) is 5.75 Å². The summed E-state index contributed by atoms with van der Waals surface area (Å²) in [6.45, 7) is 0. The van der Waals surface area contributed by atoms with Gasteiger partial charge in [0.2, 0.25) is 5.91 Å². The normalized spacial score (nSPS) is 20.6. The Hall–Kier alpha value is -2.93. The van der Waals surface area contributed by atoms with Crippen LogP contribution in [0.4, 0.5) is 5.69 Å². The zero-order valence-corrected chi connectivity index (χ0v) is 18.0. The number of amides is 2. The van der Waals surface area contributed by atoms with Crippen molar-refractivity contribution in [2.45, 2.75) is 44.2 Å². The minimum absolute atomic E-state index is 0.0109. The molecule has 0 spiro atoms. The van der Waals surface area contributed by atoms with Crippen molar-refractivity contribution >= 4 is 40.3 Å². The first kappa shape index (κ1) is 20.0. The molecule has 1 N–H and O–H groups in total. The van der Waals surface area contributed by atoms with E-state index in [4.69, 9.17) is 9.98 Å². The van der Waals surface area contributed by atoms with Crippen LogP contribution in [-0.4, -0.2) is 39.5 Å². The molecule has 158 valence electrons. The number of aliphatic imine (C=N–C) groups is 2. The highest BCUT2D eigenvalue weighted by atomic mass is 32.2. The molecule has 2 amide bonds. The SMILES string of the molecule is O=C(CSC1=Nc2ccccc2C2=N[C@@H](c3ccccc3)C(=O)N12)NC1CCCCC1. The van der Waals surface area contributed by atoms with Gasteiger partial charge >= 0.3 is 0 Å². The van der Waals surface area contributed by atoms with E-state index in [0.717, 1.165) is 29.7 Å². The standard InChI is InChI=1S/C24H24N4O2S/c29-20(25-17-11-5-2-6-12-17)15-31-24-26-19-14-8-7-13-18(19)22-27-21(23(30)28(22)24)16-9-3-1-4-10-16/h1,3-4,7-10,13-14,17,21H,2,5-6,11-12,15H2,(H,25,29)/t21-/m0/s1. The molecule has 3 aliphatic rings. The van der Waals surface area contributed by atoms with Crippen LogP contribution in [0.2, 0.25) is 0 Å². The minimum atomic E-state index is -0.593. The Balaban J connectivity index is 1.38. The minimum Gasteiger partial charge on any atom is -0.353 e. The Labute approximate surface area is 185 Å². The largest absolute Gasteiger partial charge is 0.353 e. The Morgan fingerprint density at radius 1 is 1.03 bits per heavy atom. The lowest BCUT2D eigenvalue weighted by Gasteiger charge is -2.26. The van der Waals surface area contributed by atoms with E-state index < -0.39 is 6.04 Å². The third-order valence-corrected chi connectivity index (χ3v) is 6.83. The van der Waals surface area contributed by atoms with Crippen LogP contribution in [0.1, 0.15) is 49.3 Å². The van der Waals surface area contributed by atoms with Gasteiger partial charge < -0.3 is 5.32 Å². The Kier molecular flexibility index (Phi) is 5.59. The van der Waals surface area contributed by atoms with Crippen molar-refractivity contribution in [3.8, 4) is 0 Å². The zero-order chi connectivity index (χ0) is 21.2. The predicted octanol–water partition coefficient (Wildman–Crippen LogP) is 4.20. The van der Waals surface area contributed by atoms with Crippen molar-refractivity contribution in [1.82, 2.24) is 10.2 Å². The van der Waals surface area contributed by atoms with Gasteiger partial charge in [0.15, 0.2) is 11.2 Å². The maximum absolute atomic E-state index is 13.3. The molecule has 5 rings (SSSR count). The van der Waals surface area contributed by atoms with Crippen molar-refractivity contribution in [1.29, 1.82) is 0 Å². The first-order chi connectivity index (χ1) is 15.2. The third-order valence-electron chi connectivity index (χ3n) is 5.89. The zero-order valence-electron chi connectivity index (χ0n) is 17.2. The predicted molar refractivity (Wildman–Crippen MR) is 124 cm³/mol. The van der Waals surface area contributed by atoms with Crippen LogP contribution in [0, 0.1) is 0 Å². The molecule has 6 nitrogen and oxygen atoms in total. The van der Waals surface area contributed by atoms with E-state index in [9.17, 15) is 9.59 Å². The molecule has 1 fully saturated rings. The number of nitrogens with one attached hydrogen (secondary N) is 1. The topological polar surface area (TPSA) is 74.1 Å². The van der Waals surface area contributed by atoms with Gasteiger partial charge in [0, 0.05) is 11.6 Å². The Morgan fingerprint density at radius 2 is 1.77 bits per heavy atom. The quantitative estimate of drug-likeness (QED) is 0.787. The number of amidine groups is 2. The highest BCUT2D eigenvalue weighted by molar-refractivity contribution is 8.14. The fraction of sp³-hybridized carbons (Fsp3) is 0.333. The molecule has 2 aromatic carbocycles. The summed E-state index contributed by atoms with van der Waals surface area (Å²) in [4.78, 5) is 36.9. The average molecular weight is 433 g/mol. The van der Waals surface area contributed by atoms with Crippen LogP contribution in [0.5, 0.6) is 0 Å². The third kappa shape index (κ3) is 4.02. The van der Waals surface area contributed by atoms with E-state index in [1.807, 2.05) is 54.6 Å². The monoisotopic (exact) mass is 432 g/mol. The van der Waals surface area contributed by atoms with Crippen molar-refractivity contribution in [2.24, 2.45) is 9.98 Å². The summed E-state index contributed by atoms with van der Waals surface area (Å²) in [6, 6.07) is 16.9. The summed E-state index contributed by atoms with van der Waals surface area (Å²) in [5.74, 6) is 0.697. The van der Waals surface area contributed by atoms with Gasteiger partial charge in [-0.25, -0.2) is 14.9 Å². The smallest absolute Gasteiger partial charge is 0.263 e. The van der Waals surface area contributed by atoms with Crippen LogP contribution in [-0.2, 0) is 9.59 Å². The average Bonchev–Trinajstić information content (AvgIpc) is 3.16. The van der Waals surface area contributed by atoms with Crippen LogP contribution >= 0.6 is 11.8 Å². The van der Waals surface area contributed by atoms with E-state index in [0.29, 0.717) is 11.0 Å². The number of hydrogen-bond acceptors (Lipinski definition) is 5. The highest BCUT2D eigenvalue weighted by Gasteiger charge is 2.42. The molecule has 2 aromatic rings. The summed E-state index contributed by atoms with van der Waals surface area (Å²) in [7, 11) is 0. The van der Waals surface area contributed by atoms with Crippen LogP contribution in [0.3, 0.4) is 0 Å². The number of rotatable bonds is 4. The van der Waals surface area contributed by atoms with Crippen molar-refractivity contribution < 1.29 is 9.59 Å². The number of hydrogen-bond donors (Lipinski definition) is 1. The molecule has 1 aliphatic carbocycles. The van der Waals surface area contributed by atoms with Gasteiger partial charge in [-0.15, -0.1) is 0 Å². The molecule has 2 aliphatic heterocycles. The fourth-order valence-electron chi connectivity index (χ4n) is 4.35. The molecule has 0 unspecified atom stereocenters. The first-order valence-corrected chi connectivity index (χ1v) is 11.8. The van der Waals surface area contributed by atoms with Gasteiger partial charge in [0.1, 0.15) is 5.84 Å². The lowest BCUT2D eigenvalue weighted by Crippen LogP contribution is -2.41. The lowest BCUT2D eigenvalue weighted by atomic mass is 9.95. The molecule has 7 heteroatoms. The van der Waals surface area contributed by atoms with Crippen LogP contribution < -0.4 is 5.32 Å². The second kappa shape index (κ2) is 8.67. The number of carbonyl (C=O) groups excluding carboxylic acids is 2. The number of carbonyl (C=O) groups is 2. The number of nitrogens with zero attached hydrogens (tertiary/aromatic N) is 3. The molecule has 1 saturated carbocycles. The molecular formula is C24H24N4O2S. The number of thioether (sulfide) groups is 1. The molecular weight excluding hydrogens is 408 g/mol. The van der Waals surface area contributed by atoms with Crippen molar-refractivity contribution in [3.63, 3.8) is 0 Å². The van der Waals surface area contributed by atoms with Crippen LogP contribution in [0.25, 0.3) is 0 Å². The molecule has 0 saturated heterocycles. The lowest BCUT2D eigenvalue weighted by molar-refractivity contribution is -0.124. The summed E-state index contributed by atoms with van der Waals surface area (Å²) >= 11 is 1.30. The van der Waals surface area contributed by atoms with E-state index >= 15 is 0 Å². The van der Waals surface area contributed by atoms with Crippen LogP contribution in [0.15, 0.2) is 64.6 Å². The van der Waals surface area contributed by atoms with E-state index in [1.54, 1.807) is 4.90 Å². The van der Waals surface area contributed by atoms with E-state index in [2.05, 4.69) is 5.32 Å². The summed E-state index contributed by atoms with van der Waals surface area (Å²) in [5.41, 5.74) is 2.46. The Bertz CT molecular complexity index is 1060. The van der Waals surface area contributed by atoms with Gasteiger partial charge in [0.25, 0.3) is 5.91 Å². The molecule has 0 bridgehead atoms. The summed E-state index contributed by atoms with van der Waals surface area (Å²) in [6.07, 6.45) is 5.68. The van der Waals surface area contributed by atoms with Crippen molar-refractivity contribution in [3.05, 3.63) is 65.7 Å². The second-order valence-electron chi connectivity index (χ2n) is 8.04. The van der Waals surface area contributed by atoms with Gasteiger partial charge in [-0.2, -0.15) is 0 Å². The molecule has 1 atom stereocenters. The number of para-hydroxylation sites is 1. The van der Waals surface area contributed by atoms with E-state index in [-0.39, 0.29) is 23.6 Å². The second-order valence-corrected chi connectivity index (χ2v) is 8.98. The highest BCUT2D eigenvalue weighted by Crippen LogP contribution is 2.37. The summed E-state index contributed by atoms with van der Waals surface area (Å²) < 4.78 is 0. The maximum Gasteiger partial charge on any atom is 0.263 e. The first-order valence-electron chi connectivity index (χ1n) is 10.8. The van der Waals surface area contributed by atoms with E-state index in [1.165, 1.54) is 31.0 Å². The van der Waals surface area contributed by atoms with Gasteiger partial charge in [0.05, 0.1) is 11.4 Å². The van der Waals surface area contributed by atoms with Gasteiger partial charge in [-0.3, -0.25) is 9.59 Å². The number of fused-ring (bicyclic) bond motifs is 3. The molecule has 31 heavy (non-hydrogen) atoms. The Morgan fingerprint density at radius 3 is 2.58 bits per heavy atom.